The minimum absolute atomic E-state index is 0.720. The Labute approximate surface area is 194 Å². The fourth-order valence-corrected chi connectivity index (χ4v) is 5.60. The van der Waals surface area contributed by atoms with E-state index in [0.29, 0.717) is 0 Å². The molecule has 1 fully saturated rings. The number of benzene rings is 1. The molecule has 4 aromatic rings. The van der Waals surface area contributed by atoms with E-state index in [1.165, 1.54) is 5.56 Å². The molecule has 1 aliphatic rings. The maximum Gasteiger partial charge on any atom is 0.116 e. The van der Waals surface area contributed by atoms with Crippen molar-refractivity contribution in [3.8, 4) is 11.1 Å². The number of nitrogens with zero attached hydrogens (tertiary/aromatic N) is 4. The Morgan fingerprint density at radius 2 is 1.88 bits per heavy atom. The van der Waals surface area contributed by atoms with E-state index in [0.717, 1.165) is 70.2 Å². The topological polar surface area (TPSA) is 69.7 Å². The number of hydrogen-bond donors (Lipinski definition) is 2. The normalized spacial score (nSPS) is 16.0. The van der Waals surface area contributed by atoms with Gasteiger partial charge in [-0.3, -0.25) is 20.0 Å². The van der Waals surface area contributed by atoms with Gasteiger partial charge >= 0.3 is 0 Å². The molecule has 5 rings (SSSR count). The number of aromatic amines is 1. The van der Waals surface area contributed by atoms with E-state index in [1.807, 2.05) is 24.5 Å². The highest BCUT2D eigenvalue weighted by atomic mass is 32.2. The van der Waals surface area contributed by atoms with Crippen molar-refractivity contribution in [3.05, 3.63) is 79.0 Å². The van der Waals surface area contributed by atoms with Gasteiger partial charge < -0.3 is 5.32 Å². The van der Waals surface area contributed by atoms with Crippen LogP contribution in [0.15, 0.2) is 67.8 Å². The van der Waals surface area contributed by atoms with Gasteiger partial charge in [0.2, 0.25) is 0 Å². The zero-order valence-electron chi connectivity index (χ0n) is 18.6. The van der Waals surface area contributed by atoms with Crippen LogP contribution in [0.3, 0.4) is 0 Å². The molecule has 0 unspecified atom stereocenters. The van der Waals surface area contributed by atoms with Crippen LogP contribution in [0.25, 0.3) is 27.7 Å². The minimum Gasteiger partial charge on any atom is -0.353 e. The summed E-state index contributed by atoms with van der Waals surface area (Å²) in [6, 6.07) is 12.4. The van der Waals surface area contributed by atoms with Gasteiger partial charge in [0.25, 0.3) is 0 Å². The van der Waals surface area contributed by atoms with Crippen molar-refractivity contribution in [2.45, 2.75) is 6.54 Å². The molecular weight excluding hydrogens is 428 g/mol. The van der Waals surface area contributed by atoms with E-state index in [2.05, 4.69) is 73.0 Å². The van der Waals surface area contributed by atoms with Crippen LogP contribution in [0.2, 0.25) is 0 Å². The average molecular weight is 457 g/mol. The van der Waals surface area contributed by atoms with Crippen LogP contribution < -0.4 is 5.32 Å². The quantitative estimate of drug-likeness (QED) is 0.416. The Balaban J connectivity index is 1.38. The molecule has 0 spiro atoms. The molecule has 0 atom stereocenters. The Hall–Kier alpha value is -3.42. The Morgan fingerprint density at radius 3 is 2.67 bits per heavy atom. The minimum atomic E-state index is -0.887. The second kappa shape index (κ2) is 8.84. The zero-order chi connectivity index (χ0) is 22.8. The van der Waals surface area contributed by atoms with Crippen LogP contribution >= 0.6 is 9.21 Å². The third-order valence-electron chi connectivity index (χ3n) is 6.02. The van der Waals surface area contributed by atoms with Gasteiger partial charge in [-0.25, -0.2) is 9.21 Å². The van der Waals surface area contributed by atoms with Crippen molar-refractivity contribution in [1.82, 2.24) is 25.1 Å². The van der Waals surface area contributed by atoms with Gasteiger partial charge in [0.1, 0.15) is 5.69 Å². The predicted molar refractivity (Wildman–Crippen MR) is 143 cm³/mol. The second-order valence-electron chi connectivity index (χ2n) is 8.67. The standard InChI is InChI=1S/C26H28N6S/c1-19(29-23-5-4-8-27-17-23)26-24-14-21(6-7-25(24)30-31-26)22-13-20(15-28-16-22)18-32-9-11-33(2,3)12-10-32/h4-8,13-17,29H,1-3,9-12,18H2,(H,30,31). The number of hydrogen-bond acceptors (Lipinski definition) is 5. The lowest BCUT2D eigenvalue weighted by atomic mass is 10.0. The smallest absolute Gasteiger partial charge is 0.116 e. The summed E-state index contributed by atoms with van der Waals surface area (Å²) in [5, 5.41) is 11.9. The average Bonchev–Trinajstić information content (AvgIpc) is 3.25. The molecule has 33 heavy (non-hydrogen) atoms. The van der Waals surface area contributed by atoms with E-state index < -0.39 is 9.21 Å². The summed E-state index contributed by atoms with van der Waals surface area (Å²) in [6.45, 7) is 7.21. The number of anilines is 1. The summed E-state index contributed by atoms with van der Waals surface area (Å²) >= 11 is 0. The van der Waals surface area contributed by atoms with Gasteiger partial charge in [-0.2, -0.15) is 5.10 Å². The fourth-order valence-electron chi connectivity index (χ4n) is 4.10. The van der Waals surface area contributed by atoms with E-state index in [4.69, 9.17) is 0 Å². The molecule has 2 N–H and O–H groups in total. The summed E-state index contributed by atoms with van der Waals surface area (Å²) < 4.78 is 0. The molecule has 1 aliphatic heterocycles. The maximum absolute atomic E-state index is 4.53. The summed E-state index contributed by atoms with van der Waals surface area (Å²) in [7, 11) is -0.887. The van der Waals surface area contributed by atoms with Crippen LogP contribution in [0, 0.1) is 0 Å². The molecule has 0 amide bonds. The maximum atomic E-state index is 4.53. The van der Waals surface area contributed by atoms with Crippen LogP contribution in [0.5, 0.6) is 0 Å². The lowest BCUT2D eigenvalue weighted by Gasteiger charge is -2.31. The Morgan fingerprint density at radius 1 is 1.03 bits per heavy atom. The SMILES string of the molecule is C=C(Nc1cccnc1)c1n[nH]c2ccc(-c3cncc(CN4CCS(=C)(=C)CC4)c3)cc12. The molecule has 168 valence electrons. The first-order chi connectivity index (χ1) is 16.0. The first-order valence-electron chi connectivity index (χ1n) is 10.9. The molecule has 4 heterocycles. The molecule has 3 aromatic heterocycles. The fraction of sp³-hybridized carbons (Fsp3) is 0.192. The van der Waals surface area contributed by atoms with Crippen molar-refractivity contribution in [2.75, 3.05) is 29.9 Å². The zero-order valence-corrected chi connectivity index (χ0v) is 19.4. The molecule has 1 aromatic carbocycles. The summed E-state index contributed by atoms with van der Waals surface area (Å²) in [6.07, 6.45) is 7.40. The van der Waals surface area contributed by atoms with E-state index in [-0.39, 0.29) is 0 Å². The van der Waals surface area contributed by atoms with Crippen LogP contribution in [-0.4, -0.2) is 61.4 Å². The molecular formula is C26H28N6S. The van der Waals surface area contributed by atoms with Gasteiger partial charge in [-0.05, 0) is 53.0 Å². The van der Waals surface area contributed by atoms with E-state index in [1.54, 1.807) is 12.4 Å². The molecule has 6 nitrogen and oxygen atoms in total. The monoisotopic (exact) mass is 456 g/mol. The number of pyridine rings is 2. The van der Waals surface area contributed by atoms with Crippen molar-refractivity contribution >= 4 is 43.2 Å². The first-order valence-corrected chi connectivity index (χ1v) is 13.2. The largest absolute Gasteiger partial charge is 0.353 e. The second-order valence-corrected chi connectivity index (χ2v) is 11.9. The van der Waals surface area contributed by atoms with Crippen molar-refractivity contribution in [1.29, 1.82) is 0 Å². The highest BCUT2D eigenvalue weighted by molar-refractivity contribution is 8.27. The number of rotatable bonds is 6. The third kappa shape index (κ3) is 4.84. The highest BCUT2D eigenvalue weighted by Crippen LogP contribution is 2.29. The number of nitrogens with one attached hydrogen (secondary N) is 2. The molecule has 1 saturated heterocycles. The van der Waals surface area contributed by atoms with Gasteiger partial charge in [-0.15, -0.1) is 0 Å². The van der Waals surface area contributed by atoms with Gasteiger partial charge in [0.15, 0.2) is 0 Å². The van der Waals surface area contributed by atoms with E-state index in [9.17, 15) is 0 Å². The predicted octanol–water partition coefficient (Wildman–Crippen LogP) is 4.59. The number of H-pyrrole nitrogens is 1. The number of fused-ring (bicyclic) bond motifs is 1. The van der Waals surface area contributed by atoms with Crippen LogP contribution in [0.1, 0.15) is 11.3 Å². The molecule has 0 radical (unpaired) electrons. The summed E-state index contributed by atoms with van der Waals surface area (Å²) in [4.78, 5) is 11.2. The lowest BCUT2D eigenvalue weighted by Crippen LogP contribution is -2.34. The lowest BCUT2D eigenvalue weighted by molar-refractivity contribution is 0.294. The van der Waals surface area contributed by atoms with Crippen molar-refractivity contribution in [2.24, 2.45) is 0 Å². The summed E-state index contributed by atoms with van der Waals surface area (Å²) in [5.41, 5.74) is 6.77. The van der Waals surface area contributed by atoms with Gasteiger partial charge in [0.05, 0.1) is 23.1 Å². The van der Waals surface area contributed by atoms with Gasteiger partial charge in [0, 0.05) is 49.2 Å². The Bertz CT molecular complexity index is 1390. The summed E-state index contributed by atoms with van der Waals surface area (Å²) in [5.74, 6) is 10.8. The van der Waals surface area contributed by atoms with E-state index >= 15 is 0 Å². The van der Waals surface area contributed by atoms with Crippen molar-refractivity contribution < 1.29 is 0 Å². The van der Waals surface area contributed by atoms with Crippen LogP contribution in [0.4, 0.5) is 5.69 Å². The van der Waals surface area contributed by atoms with Gasteiger partial charge in [-0.1, -0.05) is 24.4 Å². The number of aromatic nitrogens is 4. The first kappa shape index (κ1) is 21.4. The van der Waals surface area contributed by atoms with Crippen molar-refractivity contribution in [3.63, 3.8) is 0 Å². The highest BCUT2D eigenvalue weighted by Gasteiger charge is 2.15. The molecule has 7 heteroatoms. The van der Waals surface area contributed by atoms with Crippen LogP contribution in [-0.2, 0) is 6.54 Å². The molecule has 0 bridgehead atoms. The third-order valence-corrected chi connectivity index (χ3v) is 8.12. The Kier molecular flexibility index (Phi) is 5.74. The molecule has 0 saturated carbocycles. The molecule has 0 aliphatic carbocycles.